The lowest BCUT2D eigenvalue weighted by atomic mass is 10.0. The fraction of sp³-hybridized carbons (Fsp3) is 0.143. The molecule has 0 spiro atoms. The van der Waals surface area contributed by atoms with Crippen molar-refractivity contribution in [1.29, 1.82) is 0 Å². The summed E-state index contributed by atoms with van der Waals surface area (Å²) in [4.78, 5) is 1.35. The summed E-state index contributed by atoms with van der Waals surface area (Å²) in [6.45, 7) is 2.14. The lowest BCUT2D eigenvalue weighted by Crippen LogP contribution is -1.84. The number of hydrogen-bond donors (Lipinski definition) is 0. The van der Waals surface area contributed by atoms with Crippen molar-refractivity contribution in [3.63, 3.8) is 0 Å². The molecule has 0 nitrogen and oxygen atoms in total. The zero-order valence-electron chi connectivity index (χ0n) is 9.33. The number of thioether (sulfide) groups is 1. The number of aryl methyl sites for hydroxylation is 1. The number of rotatable bonds is 2. The summed E-state index contributed by atoms with van der Waals surface area (Å²) in [6.07, 6.45) is 2.13. The first kappa shape index (κ1) is 12.0. The van der Waals surface area contributed by atoms with Gasteiger partial charge in [0.25, 0.3) is 0 Å². The molecular formula is C14H13IS. The molecule has 2 aromatic carbocycles. The first-order chi connectivity index (χ1) is 7.70. The van der Waals surface area contributed by atoms with E-state index in [1.165, 1.54) is 25.2 Å². The second-order valence-corrected chi connectivity index (χ2v) is 5.80. The van der Waals surface area contributed by atoms with Crippen molar-refractivity contribution < 1.29 is 0 Å². The largest absolute Gasteiger partial charge is 0.129 e. The number of halogens is 1. The Bertz CT molecular complexity index is 489. The molecule has 0 radical (unpaired) electrons. The topological polar surface area (TPSA) is 0 Å². The molecule has 2 heteroatoms. The number of hydrogen-bond acceptors (Lipinski definition) is 1. The van der Waals surface area contributed by atoms with Crippen molar-refractivity contribution in [2.24, 2.45) is 0 Å². The van der Waals surface area contributed by atoms with Gasteiger partial charge in [0.05, 0.1) is 0 Å². The average Bonchev–Trinajstić information content (AvgIpc) is 2.30. The highest BCUT2D eigenvalue weighted by atomic mass is 127. The van der Waals surface area contributed by atoms with E-state index < -0.39 is 0 Å². The van der Waals surface area contributed by atoms with Gasteiger partial charge in [-0.1, -0.05) is 24.3 Å². The third-order valence-electron chi connectivity index (χ3n) is 2.51. The summed E-state index contributed by atoms with van der Waals surface area (Å²) in [5.74, 6) is 0. The van der Waals surface area contributed by atoms with E-state index in [2.05, 4.69) is 78.2 Å². The minimum atomic E-state index is 1.28. The van der Waals surface area contributed by atoms with Crippen LogP contribution < -0.4 is 0 Å². The van der Waals surface area contributed by atoms with Crippen LogP contribution in [0.2, 0.25) is 0 Å². The van der Waals surface area contributed by atoms with Crippen LogP contribution in [-0.2, 0) is 0 Å². The van der Waals surface area contributed by atoms with E-state index in [9.17, 15) is 0 Å². The van der Waals surface area contributed by atoms with E-state index in [0.29, 0.717) is 0 Å². The van der Waals surface area contributed by atoms with Gasteiger partial charge in [0.2, 0.25) is 0 Å². The van der Waals surface area contributed by atoms with Gasteiger partial charge in [-0.25, -0.2) is 0 Å². The van der Waals surface area contributed by atoms with Crippen molar-refractivity contribution in [2.45, 2.75) is 11.8 Å². The highest BCUT2D eigenvalue weighted by Gasteiger charge is 2.04. The predicted octanol–water partition coefficient (Wildman–Crippen LogP) is 4.99. The van der Waals surface area contributed by atoms with Gasteiger partial charge in [0.1, 0.15) is 0 Å². The Hall–Kier alpha value is -0.480. The van der Waals surface area contributed by atoms with Crippen LogP contribution in [-0.4, -0.2) is 6.26 Å². The van der Waals surface area contributed by atoms with Crippen LogP contribution in [0.5, 0.6) is 0 Å². The smallest absolute Gasteiger partial charge is 0.0150 e. The maximum absolute atomic E-state index is 2.33. The first-order valence-corrected chi connectivity index (χ1v) is 7.41. The van der Waals surface area contributed by atoms with Gasteiger partial charge >= 0.3 is 0 Å². The molecule has 0 saturated carbocycles. The molecule has 0 unspecified atom stereocenters. The average molecular weight is 340 g/mol. The quantitative estimate of drug-likeness (QED) is 0.548. The first-order valence-electron chi connectivity index (χ1n) is 5.11. The van der Waals surface area contributed by atoms with E-state index >= 15 is 0 Å². The Morgan fingerprint density at radius 3 is 2.31 bits per heavy atom. The van der Waals surface area contributed by atoms with Crippen molar-refractivity contribution in [1.82, 2.24) is 0 Å². The molecule has 0 fully saturated rings. The molecule has 0 saturated heterocycles. The van der Waals surface area contributed by atoms with E-state index in [4.69, 9.17) is 0 Å². The third-order valence-corrected chi connectivity index (χ3v) is 4.01. The molecule has 0 aliphatic rings. The summed E-state index contributed by atoms with van der Waals surface area (Å²) < 4.78 is 1.28. The molecule has 0 bridgehead atoms. The Labute approximate surface area is 115 Å². The molecule has 0 amide bonds. The van der Waals surface area contributed by atoms with Crippen molar-refractivity contribution in [2.75, 3.05) is 6.26 Å². The van der Waals surface area contributed by atoms with E-state index in [1.807, 2.05) is 0 Å². The summed E-state index contributed by atoms with van der Waals surface area (Å²) >= 11 is 4.14. The monoisotopic (exact) mass is 340 g/mol. The van der Waals surface area contributed by atoms with Crippen LogP contribution in [0, 0.1) is 10.5 Å². The second-order valence-electron chi connectivity index (χ2n) is 3.71. The van der Waals surface area contributed by atoms with Gasteiger partial charge in [-0.2, -0.15) is 0 Å². The molecule has 16 heavy (non-hydrogen) atoms. The molecule has 0 aliphatic carbocycles. The zero-order chi connectivity index (χ0) is 11.5. The van der Waals surface area contributed by atoms with Crippen molar-refractivity contribution in [3.8, 4) is 11.1 Å². The molecule has 0 aliphatic heterocycles. The molecule has 0 heterocycles. The fourth-order valence-electron chi connectivity index (χ4n) is 1.67. The molecule has 0 N–H and O–H groups in total. The SMILES string of the molecule is CSc1cc(C)ccc1-c1ccc(I)cc1. The predicted molar refractivity (Wildman–Crippen MR) is 81.1 cm³/mol. The van der Waals surface area contributed by atoms with Crippen LogP contribution in [0.15, 0.2) is 47.4 Å². The van der Waals surface area contributed by atoms with E-state index in [0.717, 1.165) is 0 Å². The minimum absolute atomic E-state index is 1.28. The maximum Gasteiger partial charge on any atom is 0.0150 e. The van der Waals surface area contributed by atoms with Gasteiger partial charge in [-0.3, -0.25) is 0 Å². The molecule has 82 valence electrons. The summed E-state index contributed by atoms with van der Waals surface area (Å²) in [7, 11) is 0. The minimum Gasteiger partial charge on any atom is -0.129 e. The summed E-state index contributed by atoms with van der Waals surface area (Å²) in [5.41, 5.74) is 3.94. The number of benzene rings is 2. The van der Waals surface area contributed by atoms with Crippen molar-refractivity contribution >= 4 is 34.4 Å². The maximum atomic E-state index is 2.33. The third kappa shape index (κ3) is 2.61. The highest BCUT2D eigenvalue weighted by Crippen LogP contribution is 2.31. The lowest BCUT2D eigenvalue weighted by molar-refractivity contribution is 1.36. The normalized spacial score (nSPS) is 10.4. The Morgan fingerprint density at radius 1 is 1.00 bits per heavy atom. The summed E-state index contributed by atoms with van der Waals surface area (Å²) in [6, 6.07) is 15.3. The van der Waals surface area contributed by atoms with Crippen LogP contribution in [0.1, 0.15) is 5.56 Å². The van der Waals surface area contributed by atoms with E-state index in [1.54, 1.807) is 11.8 Å². The van der Waals surface area contributed by atoms with Gasteiger partial charge in [0, 0.05) is 8.47 Å². The fourth-order valence-corrected chi connectivity index (χ4v) is 2.74. The Kier molecular flexibility index (Phi) is 3.92. The Balaban J connectivity index is 2.51. The molecule has 0 aromatic heterocycles. The Morgan fingerprint density at radius 2 is 1.69 bits per heavy atom. The van der Waals surface area contributed by atoms with Crippen LogP contribution in [0.4, 0.5) is 0 Å². The molecule has 2 rings (SSSR count). The van der Waals surface area contributed by atoms with Crippen LogP contribution in [0.25, 0.3) is 11.1 Å². The van der Waals surface area contributed by atoms with Crippen molar-refractivity contribution in [3.05, 3.63) is 51.6 Å². The van der Waals surface area contributed by atoms with Gasteiger partial charge in [-0.15, -0.1) is 11.8 Å². The van der Waals surface area contributed by atoms with E-state index in [-0.39, 0.29) is 0 Å². The standard InChI is InChI=1S/C14H13IS/c1-10-3-8-13(14(9-10)16-2)11-4-6-12(15)7-5-11/h3-9H,1-2H3. The van der Waals surface area contributed by atoms with Gasteiger partial charge in [-0.05, 0) is 70.7 Å². The van der Waals surface area contributed by atoms with Gasteiger partial charge < -0.3 is 0 Å². The second kappa shape index (κ2) is 5.23. The molecule has 2 aromatic rings. The van der Waals surface area contributed by atoms with Crippen LogP contribution in [0.3, 0.4) is 0 Å². The zero-order valence-corrected chi connectivity index (χ0v) is 12.3. The lowest BCUT2D eigenvalue weighted by Gasteiger charge is -2.08. The molecule has 0 atom stereocenters. The van der Waals surface area contributed by atoms with Gasteiger partial charge in [0.15, 0.2) is 0 Å². The highest BCUT2D eigenvalue weighted by molar-refractivity contribution is 14.1. The molecular weight excluding hydrogens is 327 g/mol. The summed E-state index contributed by atoms with van der Waals surface area (Å²) in [5, 5.41) is 0. The van der Waals surface area contributed by atoms with Crippen LogP contribution >= 0.6 is 34.4 Å².